The van der Waals surface area contributed by atoms with Gasteiger partial charge in [0.2, 0.25) is 0 Å². The monoisotopic (exact) mass is 378 g/mol. The normalized spacial score (nSPS) is 33.6. The van der Waals surface area contributed by atoms with Crippen LogP contribution in [0.25, 0.3) is 0 Å². The Morgan fingerprint density at radius 3 is 2.59 bits per heavy atom. The van der Waals surface area contributed by atoms with Gasteiger partial charge < -0.3 is 24.8 Å². The topological polar surface area (TPSA) is 113 Å². The second-order valence-corrected chi connectivity index (χ2v) is 7.22. The van der Waals surface area contributed by atoms with E-state index in [1.165, 1.54) is 0 Å². The molecule has 1 aliphatic heterocycles. The smallest absolute Gasteiger partial charge is 0.336 e. The van der Waals surface area contributed by atoms with Gasteiger partial charge in [-0.15, -0.1) is 6.58 Å². The van der Waals surface area contributed by atoms with Gasteiger partial charge in [-0.1, -0.05) is 32.7 Å². The van der Waals surface area contributed by atoms with E-state index in [2.05, 4.69) is 26.3 Å². The van der Waals surface area contributed by atoms with Gasteiger partial charge in [-0.25, -0.2) is 9.59 Å². The summed E-state index contributed by atoms with van der Waals surface area (Å²) in [5.41, 5.74) is -0.477. The molecular formula is C20H26O7. The maximum atomic E-state index is 12.4. The van der Waals surface area contributed by atoms with Crippen LogP contribution in [0.2, 0.25) is 0 Å². The number of fused-ring (bicyclic) bond motifs is 1. The highest BCUT2D eigenvalue weighted by molar-refractivity contribution is 5.91. The van der Waals surface area contributed by atoms with Crippen molar-refractivity contribution in [3.63, 3.8) is 0 Å². The van der Waals surface area contributed by atoms with Crippen LogP contribution in [-0.2, 0) is 19.1 Å². The van der Waals surface area contributed by atoms with E-state index in [1.54, 1.807) is 13.0 Å². The quantitative estimate of drug-likeness (QED) is 0.339. The summed E-state index contributed by atoms with van der Waals surface area (Å²) in [5.74, 6) is -2.35. The summed E-state index contributed by atoms with van der Waals surface area (Å²) in [4.78, 5) is 24.4. The molecule has 2 rings (SSSR count). The van der Waals surface area contributed by atoms with Gasteiger partial charge in [-0.3, -0.25) is 0 Å². The highest BCUT2D eigenvalue weighted by atomic mass is 16.6. The van der Waals surface area contributed by atoms with E-state index in [1.807, 2.05) is 0 Å². The summed E-state index contributed by atoms with van der Waals surface area (Å²) in [7, 11) is 0. The minimum absolute atomic E-state index is 0.251. The molecule has 1 saturated heterocycles. The van der Waals surface area contributed by atoms with Gasteiger partial charge in [-0.2, -0.15) is 0 Å². The molecule has 3 N–H and O–H groups in total. The maximum absolute atomic E-state index is 12.4. The molecule has 0 spiro atoms. The highest BCUT2D eigenvalue weighted by Gasteiger charge is 2.58. The van der Waals surface area contributed by atoms with Gasteiger partial charge >= 0.3 is 11.9 Å². The van der Waals surface area contributed by atoms with Crippen molar-refractivity contribution in [2.45, 2.75) is 31.7 Å². The molecule has 0 radical (unpaired) electrons. The lowest BCUT2D eigenvalue weighted by Crippen LogP contribution is -2.53. The van der Waals surface area contributed by atoms with Crippen molar-refractivity contribution in [1.29, 1.82) is 0 Å². The molecule has 0 aromatic heterocycles. The summed E-state index contributed by atoms with van der Waals surface area (Å²) in [6, 6.07) is 0. The first-order valence-electron chi connectivity index (χ1n) is 8.62. The summed E-state index contributed by atoms with van der Waals surface area (Å²) in [6.45, 7) is 15.8. The van der Waals surface area contributed by atoms with Crippen molar-refractivity contribution in [3.8, 4) is 0 Å². The van der Waals surface area contributed by atoms with E-state index in [9.17, 15) is 19.8 Å². The largest absolute Gasteiger partial charge is 0.458 e. The summed E-state index contributed by atoms with van der Waals surface area (Å²) in [5, 5.41) is 28.3. The van der Waals surface area contributed by atoms with Crippen LogP contribution < -0.4 is 0 Å². The lowest BCUT2D eigenvalue weighted by molar-refractivity contribution is -0.166. The predicted octanol–water partition coefficient (Wildman–Crippen LogP) is 0.666. The fourth-order valence-electron chi connectivity index (χ4n) is 3.90. The van der Waals surface area contributed by atoms with Crippen molar-refractivity contribution in [2.24, 2.45) is 17.3 Å². The molecule has 7 nitrogen and oxygen atoms in total. The summed E-state index contributed by atoms with van der Waals surface area (Å²) < 4.78 is 11.1. The molecule has 6 atom stereocenters. The summed E-state index contributed by atoms with van der Waals surface area (Å²) >= 11 is 0. The van der Waals surface area contributed by atoms with Gasteiger partial charge in [0.1, 0.15) is 18.3 Å². The number of hydrogen-bond acceptors (Lipinski definition) is 7. The number of rotatable bonds is 7. The van der Waals surface area contributed by atoms with Gasteiger partial charge in [0.05, 0.1) is 18.8 Å². The maximum Gasteiger partial charge on any atom is 0.336 e. The van der Waals surface area contributed by atoms with E-state index in [-0.39, 0.29) is 24.2 Å². The Morgan fingerprint density at radius 2 is 2.07 bits per heavy atom. The average molecular weight is 378 g/mol. The first kappa shape index (κ1) is 21.1. The summed E-state index contributed by atoms with van der Waals surface area (Å²) in [6.07, 6.45) is -0.938. The van der Waals surface area contributed by atoms with Crippen molar-refractivity contribution in [1.82, 2.24) is 0 Å². The second-order valence-electron chi connectivity index (χ2n) is 7.22. The molecule has 0 unspecified atom stereocenters. The van der Waals surface area contributed by atoms with Crippen molar-refractivity contribution in [3.05, 3.63) is 49.1 Å². The minimum atomic E-state index is -1.43. The predicted molar refractivity (Wildman–Crippen MR) is 97.3 cm³/mol. The number of esters is 2. The van der Waals surface area contributed by atoms with Crippen LogP contribution in [0, 0.1) is 17.3 Å². The van der Waals surface area contributed by atoms with Gasteiger partial charge in [0.25, 0.3) is 0 Å². The number of hydrogen-bond donors (Lipinski definition) is 3. The van der Waals surface area contributed by atoms with Crippen molar-refractivity contribution >= 4 is 11.9 Å². The Hall–Kier alpha value is -2.22. The van der Waals surface area contributed by atoms with Crippen LogP contribution in [0.5, 0.6) is 0 Å². The van der Waals surface area contributed by atoms with Gasteiger partial charge in [0.15, 0.2) is 0 Å². The minimum Gasteiger partial charge on any atom is -0.458 e. The molecule has 148 valence electrons. The molecular weight excluding hydrogens is 352 g/mol. The number of carbonyl (C=O) groups is 2. The van der Waals surface area contributed by atoms with E-state index in [0.717, 1.165) is 0 Å². The van der Waals surface area contributed by atoms with Gasteiger partial charge in [-0.05, 0) is 12.0 Å². The third-order valence-corrected chi connectivity index (χ3v) is 5.68. The molecule has 0 bridgehead atoms. The van der Waals surface area contributed by atoms with Crippen LogP contribution in [0.15, 0.2) is 49.1 Å². The average Bonchev–Trinajstić information content (AvgIpc) is 2.93. The fraction of sp³-hybridized carbons (Fsp3) is 0.500. The third kappa shape index (κ3) is 3.50. The van der Waals surface area contributed by atoms with Crippen LogP contribution in [0.4, 0.5) is 0 Å². The Labute approximate surface area is 158 Å². The Bertz CT molecular complexity index is 694. The first-order chi connectivity index (χ1) is 12.6. The lowest BCUT2D eigenvalue weighted by Gasteiger charge is -2.49. The lowest BCUT2D eigenvalue weighted by atomic mass is 9.58. The SMILES string of the molecule is C=C[C@@]1(C)[C@H](C(=C)CO)[C@H]2OC(=O)C(=C)[C@@H]2C[C@H]1OC(=O)C(=C)[C@@H](O)CO. The molecule has 0 aromatic rings. The molecule has 1 heterocycles. The molecule has 27 heavy (non-hydrogen) atoms. The van der Waals surface area contributed by atoms with Crippen LogP contribution in [0.3, 0.4) is 0 Å². The van der Waals surface area contributed by atoms with Crippen LogP contribution >= 0.6 is 0 Å². The van der Waals surface area contributed by atoms with Crippen molar-refractivity contribution < 1.29 is 34.4 Å². The number of ether oxygens (including phenoxy) is 2. The molecule has 2 aliphatic rings. The molecule has 1 aliphatic carbocycles. The number of aliphatic hydroxyl groups excluding tert-OH is 3. The molecule has 0 amide bonds. The molecule has 7 heteroatoms. The van der Waals surface area contributed by atoms with Crippen LogP contribution in [0.1, 0.15) is 13.3 Å². The number of aliphatic hydroxyl groups is 3. The number of carbonyl (C=O) groups excluding carboxylic acids is 2. The van der Waals surface area contributed by atoms with Crippen molar-refractivity contribution in [2.75, 3.05) is 13.2 Å². The standard InChI is InChI=1S/C20H26O7/c1-6-20(5)15(26-19(25)12(4)14(23)9-22)7-13-11(3)18(24)27-17(13)16(20)10(2)8-21/h6,13-17,21-23H,1-4,7-9H2,5H3/t13-,14-,15+,16+,17-,20+/m0/s1. The van der Waals surface area contributed by atoms with Crippen LogP contribution in [-0.4, -0.2) is 58.8 Å². The van der Waals surface area contributed by atoms with E-state index in [0.29, 0.717) is 5.57 Å². The van der Waals surface area contributed by atoms with E-state index < -0.39 is 54.1 Å². The first-order valence-corrected chi connectivity index (χ1v) is 8.62. The van der Waals surface area contributed by atoms with E-state index in [4.69, 9.17) is 14.6 Å². The zero-order valence-corrected chi connectivity index (χ0v) is 15.4. The zero-order chi connectivity index (χ0) is 20.5. The van der Waals surface area contributed by atoms with E-state index >= 15 is 0 Å². The molecule has 2 fully saturated rings. The third-order valence-electron chi connectivity index (χ3n) is 5.68. The Kier molecular flexibility index (Phi) is 6.09. The molecule has 0 aromatic carbocycles. The second kappa shape index (κ2) is 7.80. The Balaban J connectivity index is 2.41. The molecule has 1 saturated carbocycles. The fourth-order valence-corrected chi connectivity index (χ4v) is 3.90. The highest BCUT2D eigenvalue weighted by Crippen LogP contribution is 2.53. The van der Waals surface area contributed by atoms with Gasteiger partial charge in [0, 0.05) is 22.8 Å². The Morgan fingerprint density at radius 1 is 1.44 bits per heavy atom. The zero-order valence-electron chi connectivity index (χ0n) is 15.4.